The fraction of sp³-hybridized carbons (Fsp3) is 0.462. The minimum Gasteiger partial charge on any atom is -0.383 e. The molecular formula is C13H15ClF3NO2. The van der Waals surface area contributed by atoms with Gasteiger partial charge in [-0.15, -0.1) is 11.6 Å². The van der Waals surface area contributed by atoms with Gasteiger partial charge in [-0.2, -0.15) is 13.2 Å². The van der Waals surface area contributed by atoms with Gasteiger partial charge in [0.05, 0.1) is 23.1 Å². The number of methoxy groups -OCH3 is 1. The summed E-state index contributed by atoms with van der Waals surface area (Å²) in [4.78, 5) is 13.2. The van der Waals surface area contributed by atoms with Crippen molar-refractivity contribution in [3.63, 3.8) is 0 Å². The lowest BCUT2D eigenvalue weighted by Gasteiger charge is -2.22. The summed E-state index contributed by atoms with van der Waals surface area (Å²) < 4.78 is 43.3. The summed E-state index contributed by atoms with van der Waals surface area (Å²) in [6.07, 6.45) is -4.57. The van der Waals surface area contributed by atoms with Gasteiger partial charge in [0.1, 0.15) is 0 Å². The molecule has 0 saturated heterocycles. The number of nitrogens with zero attached hydrogens (tertiary/aromatic N) is 1. The van der Waals surface area contributed by atoms with Crippen LogP contribution < -0.4 is 0 Å². The highest BCUT2D eigenvalue weighted by atomic mass is 35.5. The van der Waals surface area contributed by atoms with Gasteiger partial charge in [0.25, 0.3) is 5.91 Å². The monoisotopic (exact) mass is 309 g/mol. The maximum absolute atomic E-state index is 12.8. The zero-order valence-electron chi connectivity index (χ0n) is 11.1. The summed E-state index contributed by atoms with van der Waals surface area (Å²) in [5, 5.41) is -0.480. The van der Waals surface area contributed by atoms with Crippen molar-refractivity contribution >= 4 is 17.5 Å². The van der Waals surface area contributed by atoms with Crippen LogP contribution in [0.15, 0.2) is 24.3 Å². The van der Waals surface area contributed by atoms with Gasteiger partial charge < -0.3 is 9.64 Å². The van der Waals surface area contributed by atoms with E-state index >= 15 is 0 Å². The fourth-order valence-corrected chi connectivity index (χ4v) is 2.07. The highest BCUT2D eigenvalue weighted by molar-refractivity contribution is 6.21. The molecule has 0 aliphatic rings. The van der Waals surface area contributed by atoms with E-state index in [1.54, 1.807) is 0 Å². The maximum Gasteiger partial charge on any atom is 0.417 e. The molecule has 0 fully saturated rings. The molecule has 0 spiro atoms. The minimum absolute atomic E-state index is 0.0976. The summed E-state index contributed by atoms with van der Waals surface area (Å²) in [7, 11) is 2.86. The van der Waals surface area contributed by atoms with E-state index in [0.717, 1.165) is 17.0 Å². The molecule has 0 radical (unpaired) electrons. The average molecular weight is 310 g/mol. The van der Waals surface area contributed by atoms with E-state index in [1.807, 2.05) is 0 Å². The van der Waals surface area contributed by atoms with E-state index in [4.69, 9.17) is 16.3 Å². The smallest absolute Gasteiger partial charge is 0.383 e. The predicted octanol–water partition coefficient (Wildman–Crippen LogP) is 3.03. The van der Waals surface area contributed by atoms with Gasteiger partial charge in [-0.3, -0.25) is 4.79 Å². The number of benzene rings is 1. The number of halogens is 4. The number of carbonyl (C=O) groups is 1. The van der Waals surface area contributed by atoms with Gasteiger partial charge in [-0.25, -0.2) is 0 Å². The van der Waals surface area contributed by atoms with E-state index in [9.17, 15) is 18.0 Å². The Hall–Kier alpha value is -1.27. The van der Waals surface area contributed by atoms with E-state index in [-0.39, 0.29) is 18.7 Å². The van der Waals surface area contributed by atoms with Crippen molar-refractivity contribution in [1.29, 1.82) is 0 Å². The second-order valence-electron chi connectivity index (χ2n) is 4.28. The number of amides is 1. The van der Waals surface area contributed by atoms with Gasteiger partial charge in [0.2, 0.25) is 0 Å². The third kappa shape index (κ3) is 4.38. The van der Waals surface area contributed by atoms with Crippen LogP contribution in [0.25, 0.3) is 0 Å². The lowest BCUT2D eigenvalue weighted by atomic mass is 10.1. The Morgan fingerprint density at radius 2 is 2.00 bits per heavy atom. The van der Waals surface area contributed by atoms with Gasteiger partial charge in [0, 0.05) is 20.7 Å². The standard InChI is InChI=1S/C13H15ClF3NO2/c1-18(7-9(14)8-20-2)12(19)10-5-3-4-6-11(10)13(15,16)17/h3-6,9H,7-8H2,1-2H3. The van der Waals surface area contributed by atoms with Crippen LogP contribution >= 0.6 is 11.6 Å². The highest BCUT2D eigenvalue weighted by Gasteiger charge is 2.35. The number of hydrogen-bond donors (Lipinski definition) is 0. The first-order valence-electron chi connectivity index (χ1n) is 5.82. The predicted molar refractivity (Wildman–Crippen MR) is 69.9 cm³/mol. The first-order chi connectivity index (χ1) is 9.27. The molecule has 3 nitrogen and oxygen atoms in total. The van der Waals surface area contributed by atoms with Gasteiger partial charge in [0.15, 0.2) is 0 Å². The molecule has 0 saturated carbocycles. The molecule has 0 aliphatic heterocycles. The number of ether oxygens (including phenoxy) is 1. The Morgan fingerprint density at radius 3 is 2.55 bits per heavy atom. The molecule has 0 aromatic heterocycles. The van der Waals surface area contributed by atoms with Crippen LogP contribution in [0.5, 0.6) is 0 Å². The third-order valence-electron chi connectivity index (χ3n) is 2.63. The molecule has 20 heavy (non-hydrogen) atoms. The maximum atomic E-state index is 12.8. The minimum atomic E-state index is -4.57. The molecule has 1 amide bonds. The molecule has 1 unspecified atom stereocenters. The molecule has 7 heteroatoms. The summed E-state index contributed by atoms with van der Waals surface area (Å²) in [6.45, 7) is 0.306. The zero-order valence-corrected chi connectivity index (χ0v) is 11.8. The normalized spacial score (nSPS) is 13.1. The molecule has 0 N–H and O–H groups in total. The van der Waals surface area contributed by atoms with Crippen LogP contribution in [0, 0.1) is 0 Å². The molecule has 1 rings (SSSR count). The van der Waals surface area contributed by atoms with Crippen molar-refractivity contribution in [3.8, 4) is 0 Å². The van der Waals surface area contributed by atoms with E-state index < -0.39 is 23.0 Å². The van der Waals surface area contributed by atoms with Crippen molar-refractivity contribution in [2.24, 2.45) is 0 Å². The number of rotatable bonds is 5. The third-order valence-corrected chi connectivity index (χ3v) is 2.89. The molecule has 1 aromatic rings. The average Bonchev–Trinajstić information content (AvgIpc) is 2.37. The van der Waals surface area contributed by atoms with Crippen LogP contribution in [-0.4, -0.2) is 43.5 Å². The molecule has 1 atom stereocenters. The van der Waals surface area contributed by atoms with Gasteiger partial charge in [-0.05, 0) is 12.1 Å². The molecule has 0 heterocycles. The SMILES string of the molecule is COCC(Cl)CN(C)C(=O)c1ccccc1C(F)(F)F. The van der Waals surface area contributed by atoms with Crippen molar-refractivity contribution in [3.05, 3.63) is 35.4 Å². The summed E-state index contributed by atoms with van der Waals surface area (Å²) in [6, 6.07) is 4.67. The van der Waals surface area contributed by atoms with Crippen LogP contribution in [0.1, 0.15) is 15.9 Å². The van der Waals surface area contributed by atoms with Gasteiger partial charge >= 0.3 is 6.18 Å². The van der Waals surface area contributed by atoms with Crippen LogP contribution in [-0.2, 0) is 10.9 Å². The lowest BCUT2D eigenvalue weighted by molar-refractivity contribution is -0.138. The Kier molecular flexibility index (Phi) is 5.83. The molecule has 0 bridgehead atoms. The van der Waals surface area contributed by atoms with E-state index in [2.05, 4.69) is 0 Å². The Balaban J connectivity index is 2.92. The first kappa shape index (κ1) is 16.8. The zero-order chi connectivity index (χ0) is 15.3. The van der Waals surface area contributed by atoms with Crippen LogP contribution in [0.4, 0.5) is 13.2 Å². The van der Waals surface area contributed by atoms with Crippen molar-refractivity contribution in [2.75, 3.05) is 27.3 Å². The number of hydrogen-bond acceptors (Lipinski definition) is 2. The Morgan fingerprint density at radius 1 is 1.40 bits per heavy atom. The van der Waals surface area contributed by atoms with Crippen molar-refractivity contribution in [1.82, 2.24) is 4.90 Å². The van der Waals surface area contributed by atoms with Crippen molar-refractivity contribution in [2.45, 2.75) is 11.6 Å². The quantitative estimate of drug-likeness (QED) is 0.783. The fourth-order valence-electron chi connectivity index (χ4n) is 1.74. The second-order valence-corrected chi connectivity index (χ2v) is 4.90. The summed E-state index contributed by atoms with van der Waals surface area (Å²) >= 11 is 5.90. The largest absolute Gasteiger partial charge is 0.417 e. The molecular weight excluding hydrogens is 295 g/mol. The summed E-state index contributed by atoms with van der Waals surface area (Å²) in [5.74, 6) is -0.723. The molecule has 0 aliphatic carbocycles. The van der Waals surface area contributed by atoms with E-state index in [0.29, 0.717) is 0 Å². The Bertz CT molecular complexity index is 465. The van der Waals surface area contributed by atoms with Crippen LogP contribution in [0.3, 0.4) is 0 Å². The number of alkyl halides is 4. The number of carbonyl (C=O) groups excluding carboxylic acids is 1. The first-order valence-corrected chi connectivity index (χ1v) is 6.25. The lowest BCUT2D eigenvalue weighted by Crippen LogP contribution is -2.35. The Labute approximate surface area is 120 Å². The molecule has 1 aromatic carbocycles. The van der Waals surface area contributed by atoms with E-state index in [1.165, 1.54) is 26.3 Å². The second kappa shape index (κ2) is 6.95. The van der Waals surface area contributed by atoms with Crippen LogP contribution in [0.2, 0.25) is 0 Å². The van der Waals surface area contributed by atoms with Gasteiger partial charge in [-0.1, -0.05) is 12.1 Å². The highest BCUT2D eigenvalue weighted by Crippen LogP contribution is 2.32. The van der Waals surface area contributed by atoms with Crippen molar-refractivity contribution < 1.29 is 22.7 Å². The topological polar surface area (TPSA) is 29.5 Å². The molecule has 112 valence electrons. The summed E-state index contributed by atoms with van der Waals surface area (Å²) in [5.41, 5.74) is -1.33.